The smallest absolute Gasteiger partial charge is 0.387 e. The maximum Gasteiger partial charge on any atom is 0.387 e. The summed E-state index contributed by atoms with van der Waals surface area (Å²) < 4.78 is 57.4. The standard InChI is InChI=1S/C28H24F4O/c1-2-3-18-4-6-19(7-5-18)8-9-20-10-12-21(13-11-20)22-14-15-24-23(16-22)17-25(29)27(26(24)30)33-28(31)32/h2-3,10-19,28H,4-7H2,1H3/b3-2+. The van der Waals surface area contributed by atoms with E-state index in [0.29, 0.717) is 11.8 Å². The highest BCUT2D eigenvalue weighted by Gasteiger charge is 2.19. The molecular weight excluding hydrogens is 428 g/mol. The van der Waals surface area contributed by atoms with Crippen LogP contribution in [0.15, 0.2) is 60.7 Å². The Morgan fingerprint density at radius 2 is 1.64 bits per heavy atom. The van der Waals surface area contributed by atoms with E-state index in [1.54, 1.807) is 12.1 Å². The van der Waals surface area contributed by atoms with E-state index in [4.69, 9.17) is 0 Å². The van der Waals surface area contributed by atoms with Gasteiger partial charge in [-0.1, -0.05) is 48.3 Å². The Kier molecular flexibility index (Phi) is 7.03. The zero-order valence-corrected chi connectivity index (χ0v) is 18.3. The number of ether oxygens (including phenoxy) is 1. The molecule has 1 fully saturated rings. The molecule has 1 saturated carbocycles. The maximum absolute atomic E-state index is 14.5. The molecule has 0 bridgehead atoms. The average Bonchev–Trinajstić information content (AvgIpc) is 2.81. The van der Waals surface area contributed by atoms with Crippen LogP contribution < -0.4 is 4.74 Å². The lowest BCUT2D eigenvalue weighted by atomic mass is 9.82. The molecule has 1 aliphatic rings. The van der Waals surface area contributed by atoms with Crippen LogP contribution in [-0.2, 0) is 0 Å². The molecule has 0 aromatic heterocycles. The van der Waals surface area contributed by atoms with Gasteiger partial charge in [-0.05, 0) is 79.3 Å². The number of fused-ring (bicyclic) bond motifs is 1. The first-order valence-electron chi connectivity index (χ1n) is 11.1. The Labute approximate surface area is 191 Å². The fourth-order valence-corrected chi connectivity index (χ4v) is 4.35. The molecule has 0 unspecified atom stereocenters. The van der Waals surface area contributed by atoms with E-state index < -0.39 is 24.0 Å². The van der Waals surface area contributed by atoms with Crippen molar-refractivity contribution in [3.8, 4) is 28.7 Å². The van der Waals surface area contributed by atoms with E-state index in [9.17, 15) is 17.6 Å². The Morgan fingerprint density at radius 3 is 2.30 bits per heavy atom. The van der Waals surface area contributed by atoms with Gasteiger partial charge in [-0.25, -0.2) is 8.78 Å². The molecule has 1 nitrogen and oxygen atoms in total. The molecule has 0 heterocycles. The van der Waals surface area contributed by atoms with Crippen molar-refractivity contribution in [2.24, 2.45) is 11.8 Å². The number of hydrogen-bond acceptors (Lipinski definition) is 1. The average molecular weight is 452 g/mol. The molecule has 4 rings (SSSR count). The number of rotatable bonds is 4. The fourth-order valence-electron chi connectivity index (χ4n) is 4.35. The van der Waals surface area contributed by atoms with Crippen molar-refractivity contribution in [3.05, 3.63) is 77.9 Å². The quantitative estimate of drug-likeness (QED) is 0.221. The van der Waals surface area contributed by atoms with Crippen LogP contribution in [0.3, 0.4) is 0 Å². The van der Waals surface area contributed by atoms with Gasteiger partial charge in [0.25, 0.3) is 0 Å². The Bertz CT molecular complexity index is 1210. The van der Waals surface area contributed by atoms with Crippen LogP contribution in [0.1, 0.15) is 38.2 Å². The van der Waals surface area contributed by atoms with E-state index in [0.717, 1.165) is 35.6 Å². The van der Waals surface area contributed by atoms with Crippen LogP contribution in [0.25, 0.3) is 21.9 Å². The van der Waals surface area contributed by atoms with Crippen molar-refractivity contribution in [1.29, 1.82) is 0 Å². The first kappa shape index (κ1) is 22.9. The first-order valence-corrected chi connectivity index (χ1v) is 11.1. The van der Waals surface area contributed by atoms with Gasteiger partial charge in [-0.2, -0.15) is 8.78 Å². The molecule has 3 aromatic rings. The molecule has 0 atom stereocenters. The third-order valence-corrected chi connectivity index (χ3v) is 6.07. The summed E-state index contributed by atoms with van der Waals surface area (Å²) in [7, 11) is 0. The van der Waals surface area contributed by atoms with Crippen molar-refractivity contribution >= 4 is 10.8 Å². The van der Waals surface area contributed by atoms with Gasteiger partial charge in [-0.3, -0.25) is 0 Å². The van der Waals surface area contributed by atoms with Gasteiger partial charge in [0.15, 0.2) is 17.4 Å². The molecule has 0 aliphatic heterocycles. The second-order valence-electron chi connectivity index (χ2n) is 8.30. The van der Waals surface area contributed by atoms with Gasteiger partial charge >= 0.3 is 6.61 Å². The Balaban J connectivity index is 1.50. The van der Waals surface area contributed by atoms with Crippen molar-refractivity contribution < 1.29 is 22.3 Å². The van der Waals surface area contributed by atoms with E-state index in [1.165, 1.54) is 18.9 Å². The number of hydrogen-bond donors (Lipinski definition) is 0. The lowest BCUT2D eigenvalue weighted by Crippen LogP contribution is -2.11. The highest BCUT2D eigenvalue weighted by atomic mass is 19.3. The second kappa shape index (κ2) is 10.1. The molecule has 0 spiro atoms. The van der Waals surface area contributed by atoms with Crippen LogP contribution in [0, 0.1) is 35.3 Å². The number of allylic oxidation sites excluding steroid dienone is 2. The summed E-state index contributed by atoms with van der Waals surface area (Å²) in [5.41, 5.74) is 2.54. The zero-order valence-electron chi connectivity index (χ0n) is 18.3. The lowest BCUT2D eigenvalue weighted by molar-refractivity contribution is -0.0544. The van der Waals surface area contributed by atoms with Gasteiger partial charge < -0.3 is 4.74 Å². The van der Waals surface area contributed by atoms with Gasteiger partial charge in [0.1, 0.15) is 0 Å². The summed E-state index contributed by atoms with van der Waals surface area (Å²) in [6.45, 7) is -1.24. The Hall–Kier alpha value is -3.26. The minimum absolute atomic E-state index is 0.0161. The summed E-state index contributed by atoms with van der Waals surface area (Å²) in [5.74, 6) is 4.40. The minimum Gasteiger partial charge on any atom is -0.429 e. The minimum atomic E-state index is -3.31. The van der Waals surface area contributed by atoms with Crippen molar-refractivity contribution in [1.82, 2.24) is 0 Å². The van der Waals surface area contributed by atoms with Gasteiger partial charge in [0.2, 0.25) is 0 Å². The van der Waals surface area contributed by atoms with Crippen molar-refractivity contribution in [3.63, 3.8) is 0 Å². The van der Waals surface area contributed by atoms with E-state index >= 15 is 0 Å². The summed E-state index contributed by atoms with van der Waals surface area (Å²) >= 11 is 0. The van der Waals surface area contributed by atoms with Crippen molar-refractivity contribution in [2.75, 3.05) is 0 Å². The van der Waals surface area contributed by atoms with E-state index in [1.807, 2.05) is 24.3 Å². The summed E-state index contributed by atoms with van der Waals surface area (Å²) in [5, 5.41) is 0.281. The van der Waals surface area contributed by atoms with Gasteiger partial charge in [0, 0.05) is 16.9 Å². The van der Waals surface area contributed by atoms with Crippen LogP contribution in [0.2, 0.25) is 0 Å². The normalized spacial score (nSPS) is 18.5. The summed E-state index contributed by atoms with van der Waals surface area (Å²) in [6, 6.07) is 13.4. The highest BCUT2D eigenvalue weighted by Crippen LogP contribution is 2.33. The summed E-state index contributed by atoms with van der Waals surface area (Å²) in [6.07, 6.45) is 9.01. The molecule has 170 valence electrons. The van der Waals surface area contributed by atoms with Crippen LogP contribution in [-0.4, -0.2) is 6.61 Å². The second-order valence-corrected chi connectivity index (χ2v) is 8.30. The van der Waals surface area contributed by atoms with Crippen molar-refractivity contribution in [2.45, 2.75) is 39.2 Å². The molecule has 0 radical (unpaired) electrons. The number of alkyl halides is 2. The first-order chi connectivity index (χ1) is 15.9. The molecule has 33 heavy (non-hydrogen) atoms. The monoisotopic (exact) mass is 452 g/mol. The van der Waals surface area contributed by atoms with E-state index in [-0.39, 0.29) is 10.8 Å². The summed E-state index contributed by atoms with van der Waals surface area (Å²) in [4.78, 5) is 0. The molecule has 3 aromatic carbocycles. The van der Waals surface area contributed by atoms with Crippen LogP contribution >= 0.6 is 0 Å². The molecule has 0 amide bonds. The predicted molar refractivity (Wildman–Crippen MR) is 123 cm³/mol. The lowest BCUT2D eigenvalue weighted by Gasteiger charge is -2.22. The van der Waals surface area contributed by atoms with Gasteiger partial charge in [0.05, 0.1) is 0 Å². The van der Waals surface area contributed by atoms with E-state index in [2.05, 4.69) is 35.7 Å². The molecule has 5 heteroatoms. The van der Waals surface area contributed by atoms with Crippen LogP contribution in [0.4, 0.5) is 17.6 Å². The van der Waals surface area contributed by atoms with Crippen LogP contribution in [0.5, 0.6) is 5.75 Å². The predicted octanol–water partition coefficient (Wildman–Crippen LogP) is 8.12. The Morgan fingerprint density at radius 1 is 0.939 bits per heavy atom. The molecule has 0 N–H and O–H groups in total. The number of halogens is 4. The van der Waals surface area contributed by atoms with Gasteiger partial charge in [-0.15, -0.1) is 0 Å². The topological polar surface area (TPSA) is 9.23 Å². The third-order valence-electron chi connectivity index (χ3n) is 6.07. The maximum atomic E-state index is 14.5. The highest BCUT2D eigenvalue weighted by molar-refractivity contribution is 5.89. The number of benzene rings is 3. The molecule has 1 aliphatic carbocycles. The zero-order chi connectivity index (χ0) is 23.4. The SMILES string of the molecule is C/C=C/C1CCC(C#Cc2ccc(-c3ccc4c(F)c(OC(F)F)c(F)cc4c3)cc2)CC1. The fraction of sp³-hybridized carbons (Fsp3) is 0.286. The largest absolute Gasteiger partial charge is 0.429 e. The third kappa shape index (κ3) is 5.39. The molecule has 0 saturated heterocycles. The molecular formula is C28H24F4O.